The van der Waals surface area contributed by atoms with E-state index in [1.54, 1.807) is 15.5 Å². The number of amides is 1. The molecule has 0 fully saturated rings. The first-order valence-electron chi connectivity index (χ1n) is 11.4. The maximum absolute atomic E-state index is 13.7. The van der Waals surface area contributed by atoms with Crippen molar-refractivity contribution in [2.24, 2.45) is 0 Å². The average Bonchev–Trinajstić information content (AvgIpc) is 2.84. The van der Waals surface area contributed by atoms with E-state index >= 15 is 0 Å². The van der Waals surface area contributed by atoms with Crippen molar-refractivity contribution in [3.63, 3.8) is 0 Å². The van der Waals surface area contributed by atoms with Gasteiger partial charge in [0, 0.05) is 17.4 Å². The lowest BCUT2D eigenvalue weighted by Gasteiger charge is -2.33. The number of fused-ring (bicyclic) bond motifs is 2. The number of nitrogens with zero attached hydrogens (tertiary/aromatic N) is 4. The first-order valence-corrected chi connectivity index (χ1v) is 11.8. The van der Waals surface area contributed by atoms with Gasteiger partial charge in [-0.2, -0.15) is 0 Å². The molecular weight excluding hydrogens is 464 g/mol. The highest BCUT2D eigenvalue weighted by Gasteiger charge is 2.31. The van der Waals surface area contributed by atoms with Gasteiger partial charge < -0.3 is 15.5 Å². The highest BCUT2D eigenvalue weighted by atomic mass is 35.5. The van der Waals surface area contributed by atoms with Gasteiger partial charge in [-0.25, -0.2) is 9.97 Å². The standard InChI is InChI=1S/C26H25ClN6O2/c1-15(2)32-14-30-23-22(25(32)34)24(29-13-28-23)31-16(3)20-12-17-8-7-11-19(27)21(17)26(35)33(20)18-9-5-4-6-10-18/h4-13,15-16H,14H2,1-3H3,(H2,28,29,30,31)/t16-/m0/s1. The minimum absolute atomic E-state index is 0.0159. The second kappa shape index (κ2) is 9.03. The quantitative estimate of drug-likeness (QED) is 0.417. The van der Waals surface area contributed by atoms with E-state index in [9.17, 15) is 9.59 Å². The van der Waals surface area contributed by atoms with Gasteiger partial charge in [-0.1, -0.05) is 41.9 Å². The summed E-state index contributed by atoms with van der Waals surface area (Å²) in [5.74, 6) is 0.751. The molecule has 178 valence electrons. The molecule has 0 radical (unpaired) electrons. The van der Waals surface area contributed by atoms with Crippen molar-refractivity contribution in [1.29, 1.82) is 0 Å². The lowest BCUT2D eigenvalue weighted by Crippen LogP contribution is -2.45. The molecule has 0 saturated heterocycles. The lowest BCUT2D eigenvalue weighted by molar-refractivity contribution is 0.0710. The monoisotopic (exact) mass is 488 g/mol. The number of pyridine rings is 1. The van der Waals surface area contributed by atoms with Crippen LogP contribution in [0.25, 0.3) is 16.5 Å². The van der Waals surface area contributed by atoms with Crippen LogP contribution in [-0.2, 0) is 0 Å². The third-order valence-electron chi connectivity index (χ3n) is 6.20. The van der Waals surface area contributed by atoms with Crippen LogP contribution < -0.4 is 16.2 Å². The fourth-order valence-corrected chi connectivity index (χ4v) is 4.67. The van der Waals surface area contributed by atoms with E-state index in [-0.39, 0.29) is 23.6 Å². The van der Waals surface area contributed by atoms with Crippen molar-refractivity contribution in [3.8, 4) is 5.69 Å². The SMILES string of the molecule is CC(C)N1CNc2ncnc(N[C@@H](C)c3cc4cccc(Cl)c4c(=O)n3-c3ccccc3)c2C1=O. The molecule has 35 heavy (non-hydrogen) atoms. The molecular formula is C26H25ClN6O2. The van der Waals surface area contributed by atoms with Gasteiger partial charge in [0.1, 0.15) is 23.5 Å². The van der Waals surface area contributed by atoms with Gasteiger partial charge in [0.2, 0.25) is 0 Å². The molecule has 8 nitrogen and oxygen atoms in total. The Balaban J connectivity index is 1.64. The third kappa shape index (κ3) is 4.00. The lowest BCUT2D eigenvalue weighted by atomic mass is 10.1. The summed E-state index contributed by atoms with van der Waals surface area (Å²) in [5, 5.41) is 8.16. The van der Waals surface area contributed by atoms with Crippen molar-refractivity contribution >= 4 is 39.9 Å². The molecule has 0 unspecified atom stereocenters. The summed E-state index contributed by atoms with van der Waals surface area (Å²) in [7, 11) is 0. The Morgan fingerprint density at radius 2 is 1.80 bits per heavy atom. The van der Waals surface area contributed by atoms with Crippen molar-refractivity contribution in [1.82, 2.24) is 19.4 Å². The van der Waals surface area contributed by atoms with E-state index in [1.807, 2.05) is 69.3 Å². The minimum atomic E-state index is -0.382. The highest BCUT2D eigenvalue weighted by Crippen LogP contribution is 2.31. The number of aromatic nitrogens is 3. The van der Waals surface area contributed by atoms with Crippen LogP contribution >= 0.6 is 11.6 Å². The summed E-state index contributed by atoms with van der Waals surface area (Å²) in [6, 6.07) is 16.4. The number of hydrogen-bond acceptors (Lipinski definition) is 6. The summed E-state index contributed by atoms with van der Waals surface area (Å²) in [5.41, 5.74) is 1.60. The van der Waals surface area contributed by atoms with E-state index in [2.05, 4.69) is 20.6 Å². The number of para-hydroxylation sites is 1. The second-order valence-electron chi connectivity index (χ2n) is 8.76. The molecule has 0 spiro atoms. The Bertz CT molecular complexity index is 1480. The summed E-state index contributed by atoms with van der Waals surface area (Å²) in [6.45, 7) is 6.24. The van der Waals surface area contributed by atoms with Crippen LogP contribution in [0.5, 0.6) is 0 Å². The van der Waals surface area contributed by atoms with Gasteiger partial charge in [0.05, 0.1) is 23.1 Å². The molecule has 1 aliphatic heterocycles. The topological polar surface area (TPSA) is 92.2 Å². The van der Waals surface area contributed by atoms with Gasteiger partial charge in [0.15, 0.2) is 0 Å². The van der Waals surface area contributed by atoms with Crippen LogP contribution in [0.1, 0.15) is 42.9 Å². The summed E-state index contributed by atoms with van der Waals surface area (Å²) < 4.78 is 1.65. The summed E-state index contributed by atoms with van der Waals surface area (Å²) in [6.07, 6.45) is 1.42. The van der Waals surface area contributed by atoms with E-state index in [0.717, 1.165) is 11.1 Å². The molecule has 1 atom stereocenters. The van der Waals surface area contributed by atoms with E-state index in [4.69, 9.17) is 11.6 Å². The number of carbonyl (C=O) groups is 1. The Morgan fingerprint density at radius 1 is 1.03 bits per heavy atom. The number of benzene rings is 2. The van der Waals surface area contributed by atoms with Crippen LogP contribution in [0.15, 0.2) is 65.7 Å². The molecule has 0 aliphatic carbocycles. The molecule has 2 N–H and O–H groups in total. The van der Waals surface area contributed by atoms with Crippen molar-refractivity contribution in [2.75, 3.05) is 17.3 Å². The van der Waals surface area contributed by atoms with Crippen molar-refractivity contribution < 1.29 is 4.79 Å². The smallest absolute Gasteiger partial charge is 0.264 e. The summed E-state index contributed by atoms with van der Waals surface area (Å²) >= 11 is 6.42. The number of halogens is 1. The van der Waals surface area contributed by atoms with E-state index in [1.165, 1.54) is 6.33 Å². The highest BCUT2D eigenvalue weighted by molar-refractivity contribution is 6.35. The number of carbonyl (C=O) groups excluding carboxylic acids is 1. The maximum Gasteiger partial charge on any atom is 0.264 e. The molecule has 3 heterocycles. The number of nitrogens with one attached hydrogen (secondary N) is 2. The molecule has 5 rings (SSSR count). The fraction of sp³-hybridized carbons (Fsp3) is 0.231. The van der Waals surface area contributed by atoms with Gasteiger partial charge in [-0.05, 0) is 50.4 Å². The Hall–Kier alpha value is -3.91. The molecule has 4 aromatic rings. The molecule has 2 aromatic heterocycles. The van der Waals surface area contributed by atoms with Gasteiger partial charge in [-0.3, -0.25) is 14.2 Å². The van der Waals surface area contributed by atoms with Gasteiger partial charge >= 0.3 is 0 Å². The van der Waals surface area contributed by atoms with Crippen LogP contribution in [0, 0.1) is 0 Å². The number of rotatable bonds is 5. The van der Waals surface area contributed by atoms with Crippen molar-refractivity contribution in [2.45, 2.75) is 32.9 Å². The fourth-order valence-electron chi connectivity index (χ4n) is 4.40. The predicted molar refractivity (Wildman–Crippen MR) is 138 cm³/mol. The molecule has 1 amide bonds. The minimum Gasteiger partial charge on any atom is -0.361 e. The predicted octanol–water partition coefficient (Wildman–Crippen LogP) is 4.84. The Morgan fingerprint density at radius 3 is 2.54 bits per heavy atom. The number of hydrogen-bond donors (Lipinski definition) is 2. The van der Waals surface area contributed by atoms with E-state index < -0.39 is 0 Å². The van der Waals surface area contributed by atoms with Crippen LogP contribution in [-0.4, -0.2) is 38.1 Å². The zero-order valence-electron chi connectivity index (χ0n) is 19.6. The Kier molecular flexibility index (Phi) is 5.90. The largest absolute Gasteiger partial charge is 0.361 e. The first-order chi connectivity index (χ1) is 16.9. The third-order valence-corrected chi connectivity index (χ3v) is 6.51. The molecule has 0 bridgehead atoms. The summed E-state index contributed by atoms with van der Waals surface area (Å²) in [4.78, 5) is 37.3. The molecule has 1 aliphatic rings. The maximum atomic E-state index is 13.7. The first kappa shape index (κ1) is 22.9. The van der Waals surface area contributed by atoms with Crippen molar-refractivity contribution in [3.05, 3.63) is 87.6 Å². The normalized spacial score (nSPS) is 14.1. The average molecular weight is 489 g/mol. The zero-order valence-corrected chi connectivity index (χ0v) is 20.4. The zero-order chi connectivity index (χ0) is 24.7. The Labute approximate surface area is 207 Å². The van der Waals surface area contributed by atoms with Crippen LogP contribution in [0.2, 0.25) is 5.02 Å². The van der Waals surface area contributed by atoms with Gasteiger partial charge in [0.25, 0.3) is 11.5 Å². The van der Waals surface area contributed by atoms with Crippen LogP contribution in [0.3, 0.4) is 0 Å². The molecule has 2 aromatic carbocycles. The molecule has 9 heteroatoms. The van der Waals surface area contributed by atoms with Crippen LogP contribution in [0.4, 0.5) is 11.6 Å². The molecule has 0 saturated carbocycles. The second-order valence-corrected chi connectivity index (χ2v) is 9.17. The van der Waals surface area contributed by atoms with E-state index in [0.29, 0.717) is 40.0 Å². The van der Waals surface area contributed by atoms with Gasteiger partial charge in [-0.15, -0.1) is 0 Å². The number of anilines is 2.